The molecule has 0 spiro atoms. The van der Waals surface area contributed by atoms with Gasteiger partial charge in [-0.1, -0.05) is 70.0 Å². The van der Waals surface area contributed by atoms with E-state index in [4.69, 9.17) is 16.3 Å². The minimum atomic E-state index is 0.456. The lowest BCUT2D eigenvalue weighted by Gasteiger charge is -2.10. The number of hydrogen-bond acceptors (Lipinski definition) is 2. The van der Waals surface area contributed by atoms with Crippen molar-refractivity contribution < 1.29 is 4.74 Å². The number of rotatable bonds is 5. The highest BCUT2D eigenvalue weighted by atomic mass is 79.9. The van der Waals surface area contributed by atoms with Gasteiger partial charge in [0.05, 0.1) is 11.6 Å². The van der Waals surface area contributed by atoms with Gasteiger partial charge in [0.1, 0.15) is 12.4 Å². The normalized spacial score (nSPS) is 11.0. The first-order valence-electron chi connectivity index (χ1n) is 8.00. The van der Waals surface area contributed by atoms with Crippen LogP contribution < -0.4 is 4.74 Å². The zero-order valence-electron chi connectivity index (χ0n) is 13.8. The number of hydrogen-bond donors (Lipinski definition) is 0. The van der Waals surface area contributed by atoms with Crippen LogP contribution >= 0.6 is 27.5 Å². The molecule has 0 atom stereocenters. The second-order valence-electron chi connectivity index (χ2n) is 5.63. The van der Waals surface area contributed by atoms with Crippen molar-refractivity contribution in [1.29, 1.82) is 5.26 Å². The van der Waals surface area contributed by atoms with E-state index in [9.17, 15) is 5.26 Å². The van der Waals surface area contributed by atoms with E-state index >= 15 is 0 Å². The molecule has 128 valence electrons. The van der Waals surface area contributed by atoms with Crippen molar-refractivity contribution in [3.63, 3.8) is 0 Å². The molecule has 4 heteroatoms. The Morgan fingerprint density at radius 2 is 1.81 bits per heavy atom. The molecule has 0 fully saturated rings. The lowest BCUT2D eigenvalue weighted by Crippen LogP contribution is -1.97. The summed E-state index contributed by atoms with van der Waals surface area (Å²) >= 11 is 9.47. The molecule has 0 N–H and O–H groups in total. The lowest BCUT2D eigenvalue weighted by atomic mass is 10.0. The summed E-state index contributed by atoms with van der Waals surface area (Å²) in [6.07, 6.45) is 1.82. The molecule has 0 saturated carbocycles. The zero-order chi connectivity index (χ0) is 18.4. The van der Waals surface area contributed by atoms with Crippen LogP contribution in [-0.4, -0.2) is 0 Å². The average molecular weight is 425 g/mol. The third-order valence-electron chi connectivity index (χ3n) is 3.78. The molecule has 0 unspecified atom stereocenters. The SMILES string of the molecule is N#C/C(=C/c1ccccc1OCc1ccc(Br)cc1)c1cccc(Cl)c1. The molecular weight excluding hydrogens is 410 g/mol. The largest absolute Gasteiger partial charge is 0.488 e. The Morgan fingerprint density at radius 3 is 2.54 bits per heavy atom. The van der Waals surface area contributed by atoms with Gasteiger partial charge in [0.15, 0.2) is 0 Å². The van der Waals surface area contributed by atoms with Crippen molar-refractivity contribution in [2.75, 3.05) is 0 Å². The maximum absolute atomic E-state index is 9.55. The minimum Gasteiger partial charge on any atom is -0.488 e. The maximum Gasteiger partial charge on any atom is 0.127 e. The fourth-order valence-electron chi connectivity index (χ4n) is 2.46. The van der Waals surface area contributed by atoms with Gasteiger partial charge in [0, 0.05) is 15.1 Å². The highest BCUT2D eigenvalue weighted by Gasteiger charge is 2.06. The van der Waals surface area contributed by atoms with Gasteiger partial charge < -0.3 is 4.74 Å². The average Bonchev–Trinajstić information content (AvgIpc) is 2.66. The Labute approximate surface area is 166 Å². The van der Waals surface area contributed by atoms with Crippen molar-refractivity contribution in [2.24, 2.45) is 0 Å². The van der Waals surface area contributed by atoms with Crippen LogP contribution in [0.25, 0.3) is 11.6 Å². The minimum absolute atomic E-state index is 0.456. The monoisotopic (exact) mass is 423 g/mol. The Bertz CT molecular complexity index is 974. The van der Waals surface area contributed by atoms with Crippen LogP contribution in [0, 0.1) is 11.3 Å². The number of nitrogens with zero attached hydrogens (tertiary/aromatic N) is 1. The second kappa shape index (κ2) is 8.71. The summed E-state index contributed by atoms with van der Waals surface area (Å²) in [5, 5.41) is 10.2. The first kappa shape index (κ1) is 18.3. The Balaban J connectivity index is 1.86. The van der Waals surface area contributed by atoms with E-state index < -0.39 is 0 Å². The van der Waals surface area contributed by atoms with E-state index in [1.165, 1.54) is 0 Å². The van der Waals surface area contributed by atoms with Gasteiger partial charge in [-0.3, -0.25) is 0 Å². The van der Waals surface area contributed by atoms with Crippen molar-refractivity contribution in [2.45, 2.75) is 6.61 Å². The molecule has 2 nitrogen and oxygen atoms in total. The first-order chi connectivity index (χ1) is 12.7. The van der Waals surface area contributed by atoms with E-state index in [1.807, 2.05) is 66.7 Å². The summed E-state index contributed by atoms with van der Waals surface area (Å²) in [6.45, 7) is 0.456. The highest BCUT2D eigenvalue weighted by Crippen LogP contribution is 2.26. The number of ether oxygens (including phenoxy) is 1. The van der Waals surface area contributed by atoms with Crippen molar-refractivity contribution >= 4 is 39.2 Å². The van der Waals surface area contributed by atoms with Gasteiger partial charge in [-0.2, -0.15) is 5.26 Å². The van der Waals surface area contributed by atoms with Crippen LogP contribution in [0.4, 0.5) is 0 Å². The molecular formula is C22H15BrClNO. The molecule has 26 heavy (non-hydrogen) atoms. The molecule has 0 aliphatic rings. The molecule has 3 aromatic rings. The molecule has 0 bridgehead atoms. The van der Waals surface area contributed by atoms with Crippen molar-refractivity contribution in [3.05, 3.63) is 99.0 Å². The van der Waals surface area contributed by atoms with Crippen LogP contribution in [-0.2, 0) is 6.61 Å². The van der Waals surface area contributed by atoms with Crippen LogP contribution in [0.15, 0.2) is 77.3 Å². The Hall–Kier alpha value is -2.54. The predicted molar refractivity (Wildman–Crippen MR) is 110 cm³/mol. The smallest absolute Gasteiger partial charge is 0.127 e. The number of allylic oxidation sites excluding steroid dienone is 1. The van der Waals surface area contributed by atoms with E-state index in [2.05, 4.69) is 22.0 Å². The molecule has 3 rings (SSSR count). The van der Waals surface area contributed by atoms with E-state index in [-0.39, 0.29) is 0 Å². The predicted octanol–water partition coefficient (Wildman–Crippen LogP) is 6.75. The maximum atomic E-state index is 9.55. The number of benzene rings is 3. The standard InChI is InChI=1S/C22H15BrClNO/c23-20-10-8-16(9-11-20)15-26-22-7-2-1-4-18(22)12-19(14-25)17-5-3-6-21(24)13-17/h1-13H,15H2/b19-12-. The van der Waals surface area contributed by atoms with E-state index in [0.717, 1.165) is 26.9 Å². The molecule has 0 heterocycles. The quantitative estimate of drug-likeness (QED) is 0.335. The third-order valence-corrected chi connectivity index (χ3v) is 4.55. The van der Waals surface area contributed by atoms with Crippen molar-refractivity contribution in [3.8, 4) is 11.8 Å². The van der Waals surface area contributed by atoms with Gasteiger partial charge in [0.2, 0.25) is 0 Å². The first-order valence-corrected chi connectivity index (χ1v) is 9.17. The number of nitriles is 1. The molecule has 0 aromatic heterocycles. The van der Waals surface area contributed by atoms with Crippen molar-refractivity contribution in [1.82, 2.24) is 0 Å². The Morgan fingerprint density at radius 1 is 1.04 bits per heavy atom. The van der Waals surface area contributed by atoms with E-state index in [0.29, 0.717) is 17.2 Å². The molecule has 0 aliphatic carbocycles. The Kier molecular flexibility index (Phi) is 6.12. The van der Waals surface area contributed by atoms with Gasteiger partial charge in [-0.25, -0.2) is 0 Å². The summed E-state index contributed by atoms with van der Waals surface area (Å²) in [5.74, 6) is 0.727. The molecule has 0 saturated heterocycles. The number of halogens is 2. The van der Waals surface area contributed by atoms with E-state index in [1.54, 1.807) is 12.1 Å². The molecule has 3 aromatic carbocycles. The fraction of sp³-hybridized carbons (Fsp3) is 0.0455. The van der Waals surface area contributed by atoms with Crippen LogP contribution in [0.3, 0.4) is 0 Å². The summed E-state index contributed by atoms with van der Waals surface area (Å²) < 4.78 is 7.00. The number of para-hydroxylation sites is 1. The summed E-state index contributed by atoms with van der Waals surface area (Å²) in [6, 6.07) is 25.2. The van der Waals surface area contributed by atoms with Crippen LogP contribution in [0.2, 0.25) is 5.02 Å². The fourth-order valence-corrected chi connectivity index (χ4v) is 2.92. The van der Waals surface area contributed by atoms with Gasteiger partial charge >= 0.3 is 0 Å². The second-order valence-corrected chi connectivity index (χ2v) is 6.99. The topological polar surface area (TPSA) is 33.0 Å². The van der Waals surface area contributed by atoms with Gasteiger partial charge in [-0.15, -0.1) is 0 Å². The zero-order valence-corrected chi connectivity index (χ0v) is 16.2. The molecule has 0 amide bonds. The van der Waals surface area contributed by atoms with Crippen LogP contribution in [0.5, 0.6) is 5.75 Å². The molecule has 0 radical (unpaired) electrons. The molecule has 0 aliphatic heterocycles. The summed E-state index contributed by atoms with van der Waals surface area (Å²) in [4.78, 5) is 0. The third kappa shape index (κ3) is 4.76. The highest BCUT2D eigenvalue weighted by molar-refractivity contribution is 9.10. The lowest BCUT2D eigenvalue weighted by molar-refractivity contribution is 0.305. The van der Waals surface area contributed by atoms with Gasteiger partial charge in [0.25, 0.3) is 0 Å². The van der Waals surface area contributed by atoms with Crippen LogP contribution in [0.1, 0.15) is 16.7 Å². The van der Waals surface area contributed by atoms with Gasteiger partial charge in [-0.05, 0) is 47.5 Å². The summed E-state index contributed by atoms with van der Waals surface area (Å²) in [5.41, 5.74) is 3.23. The summed E-state index contributed by atoms with van der Waals surface area (Å²) in [7, 11) is 0.